The van der Waals surface area contributed by atoms with Crippen molar-refractivity contribution in [3.05, 3.63) is 96.1 Å². The van der Waals surface area contributed by atoms with Crippen LogP contribution in [-0.2, 0) is 0 Å². The van der Waals surface area contributed by atoms with Crippen molar-refractivity contribution in [1.82, 2.24) is 25.2 Å². The average molecular weight is 514 g/mol. The molecule has 0 saturated carbocycles. The number of allylic oxidation sites excluding steroid dienone is 2. The molecule has 2 aliphatic heterocycles. The number of rotatable bonds is 6. The fourth-order valence-electron chi connectivity index (χ4n) is 4.86. The Balaban J connectivity index is 1.30. The number of alkyl halides is 2. The summed E-state index contributed by atoms with van der Waals surface area (Å²) in [6.07, 6.45) is 13.9. The summed E-state index contributed by atoms with van der Waals surface area (Å²) in [4.78, 5) is 13.8. The number of hydrogen-bond acceptors (Lipinski definition) is 7. The van der Waals surface area contributed by atoms with Gasteiger partial charge in [-0.2, -0.15) is 0 Å². The zero-order valence-electron chi connectivity index (χ0n) is 20.3. The van der Waals surface area contributed by atoms with Crippen LogP contribution in [0.5, 0.6) is 0 Å². The van der Waals surface area contributed by atoms with Crippen molar-refractivity contribution >= 4 is 28.1 Å². The Labute approximate surface area is 217 Å². The Bertz CT molecular complexity index is 1620. The van der Waals surface area contributed by atoms with Crippen molar-refractivity contribution in [2.45, 2.75) is 12.3 Å². The van der Waals surface area contributed by atoms with E-state index in [9.17, 15) is 8.78 Å². The number of hydrogen-bond donors (Lipinski definition) is 4. The number of pyridine rings is 2. The van der Waals surface area contributed by atoms with Crippen molar-refractivity contribution in [2.24, 2.45) is 0 Å². The second-order valence-electron chi connectivity index (χ2n) is 9.48. The van der Waals surface area contributed by atoms with Gasteiger partial charge in [0.1, 0.15) is 11.5 Å². The number of aromatic amines is 1. The molecule has 0 aromatic carbocycles. The predicted molar refractivity (Wildman–Crippen MR) is 143 cm³/mol. The molecule has 0 radical (unpaired) electrons. The lowest BCUT2D eigenvalue weighted by atomic mass is 10.0. The van der Waals surface area contributed by atoms with Crippen LogP contribution in [0, 0.1) is 5.41 Å². The lowest BCUT2D eigenvalue weighted by molar-refractivity contribution is 0.0131. The Morgan fingerprint density at radius 3 is 2.89 bits per heavy atom. The third-order valence-corrected chi connectivity index (χ3v) is 6.78. The van der Waals surface area contributed by atoms with E-state index in [4.69, 9.17) is 15.6 Å². The van der Waals surface area contributed by atoms with Gasteiger partial charge in [-0.15, -0.1) is 0 Å². The van der Waals surface area contributed by atoms with Crippen LogP contribution < -0.4 is 11.1 Å². The lowest BCUT2D eigenvalue weighted by Gasteiger charge is -2.16. The number of H-pyrrole nitrogens is 1. The highest BCUT2D eigenvalue weighted by atomic mass is 19.3. The fraction of sp³-hybridized carbons (Fsp3) is 0.179. The quantitative estimate of drug-likeness (QED) is 0.271. The molecule has 1 saturated heterocycles. The third-order valence-electron chi connectivity index (χ3n) is 6.78. The number of fused-ring (bicyclic) bond motifs is 1. The maximum atomic E-state index is 13.7. The molecule has 4 aromatic rings. The summed E-state index contributed by atoms with van der Waals surface area (Å²) in [7, 11) is 0. The molecule has 0 aliphatic carbocycles. The van der Waals surface area contributed by atoms with E-state index in [0.29, 0.717) is 30.0 Å². The number of aromatic nitrogens is 3. The van der Waals surface area contributed by atoms with Crippen LogP contribution in [0.4, 0.5) is 14.6 Å². The van der Waals surface area contributed by atoms with Crippen molar-refractivity contribution in [3.63, 3.8) is 0 Å². The van der Waals surface area contributed by atoms with E-state index < -0.39 is 5.92 Å². The maximum Gasteiger partial charge on any atom is 0.261 e. The molecule has 6 rings (SSSR count). The second kappa shape index (κ2) is 9.38. The zero-order chi connectivity index (χ0) is 26.3. The second-order valence-corrected chi connectivity index (χ2v) is 9.48. The van der Waals surface area contributed by atoms with Crippen molar-refractivity contribution in [2.75, 3.05) is 25.4 Å². The van der Waals surface area contributed by atoms with Crippen LogP contribution in [0.3, 0.4) is 0 Å². The Hall–Kier alpha value is -4.57. The molecule has 192 valence electrons. The summed E-state index contributed by atoms with van der Waals surface area (Å²) in [5.74, 6) is -2.41. The molecule has 10 heteroatoms. The largest absolute Gasteiger partial charge is 0.472 e. The van der Waals surface area contributed by atoms with E-state index in [2.05, 4.69) is 20.3 Å². The van der Waals surface area contributed by atoms with E-state index >= 15 is 0 Å². The van der Waals surface area contributed by atoms with Gasteiger partial charge in [-0.1, -0.05) is 0 Å². The van der Waals surface area contributed by atoms with Crippen molar-refractivity contribution in [3.8, 4) is 11.1 Å². The summed E-state index contributed by atoms with van der Waals surface area (Å²) in [6, 6.07) is 7.47. The highest BCUT2D eigenvalue weighted by Gasteiger charge is 2.38. The predicted octanol–water partition coefficient (Wildman–Crippen LogP) is 4.94. The maximum absolute atomic E-state index is 13.7. The van der Waals surface area contributed by atoms with Gasteiger partial charge in [0.25, 0.3) is 5.92 Å². The SMILES string of the molecule is N=C(c1cc2c(-c3ccoc3)ccnc2[nH]1)c1cc(C2=CNC=CC(CN3CCC(F)(F)C3)=C2)cnc1N. The summed E-state index contributed by atoms with van der Waals surface area (Å²) >= 11 is 0. The normalized spacial score (nSPS) is 17.2. The first-order chi connectivity index (χ1) is 18.4. The minimum absolute atomic E-state index is 0.120. The highest BCUT2D eigenvalue weighted by Crippen LogP contribution is 2.31. The minimum Gasteiger partial charge on any atom is -0.472 e. The summed E-state index contributed by atoms with van der Waals surface area (Å²) in [5.41, 5.74) is 12.3. The Morgan fingerprint density at radius 1 is 1.21 bits per heavy atom. The monoisotopic (exact) mass is 513 g/mol. The molecule has 1 fully saturated rings. The first-order valence-corrected chi connectivity index (χ1v) is 12.2. The minimum atomic E-state index is -2.64. The number of halogens is 2. The number of likely N-dealkylation sites (tertiary alicyclic amines) is 1. The van der Waals surface area contributed by atoms with Gasteiger partial charge >= 0.3 is 0 Å². The zero-order valence-corrected chi connectivity index (χ0v) is 20.3. The molecule has 0 unspecified atom stereocenters. The summed E-state index contributed by atoms with van der Waals surface area (Å²) in [6.45, 7) is 0.533. The Kier molecular flexibility index (Phi) is 5.88. The molecule has 4 aromatic heterocycles. The smallest absolute Gasteiger partial charge is 0.261 e. The van der Waals surface area contributed by atoms with Crippen molar-refractivity contribution in [1.29, 1.82) is 5.41 Å². The van der Waals surface area contributed by atoms with E-state index in [1.807, 2.05) is 42.6 Å². The van der Waals surface area contributed by atoms with E-state index in [1.54, 1.807) is 36.0 Å². The molecular weight excluding hydrogens is 488 g/mol. The summed E-state index contributed by atoms with van der Waals surface area (Å²) < 4.78 is 32.6. The van der Waals surface area contributed by atoms with E-state index in [0.717, 1.165) is 33.2 Å². The molecule has 2 aliphatic rings. The molecule has 6 heterocycles. The first-order valence-electron chi connectivity index (χ1n) is 12.2. The molecule has 8 nitrogen and oxygen atoms in total. The van der Waals surface area contributed by atoms with Gasteiger partial charge in [0, 0.05) is 66.4 Å². The van der Waals surface area contributed by atoms with Crippen LogP contribution in [0.25, 0.3) is 27.7 Å². The van der Waals surface area contributed by atoms with E-state index in [-0.39, 0.29) is 24.5 Å². The molecule has 0 spiro atoms. The molecule has 0 amide bonds. The summed E-state index contributed by atoms with van der Waals surface area (Å²) in [5, 5.41) is 12.9. The van der Waals surface area contributed by atoms with E-state index in [1.165, 1.54) is 0 Å². The molecule has 0 atom stereocenters. The fourth-order valence-corrected chi connectivity index (χ4v) is 4.86. The van der Waals surface area contributed by atoms with Crippen LogP contribution in [0.1, 0.15) is 23.2 Å². The number of furan rings is 1. The number of nitrogens with zero attached hydrogens (tertiary/aromatic N) is 3. The number of anilines is 1. The van der Waals surface area contributed by atoms with Gasteiger partial charge in [-0.25, -0.2) is 18.7 Å². The van der Waals surface area contributed by atoms with Gasteiger partial charge in [0.15, 0.2) is 0 Å². The van der Waals surface area contributed by atoms with Gasteiger partial charge < -0.3 is 20.5 Å². The van der Waals surface area contributed by atoms with Gasteiger partial charge in [0.05, 0.1) is 30.5 Å². The average Bonchev–Trinajstić information content (AvgIpc) is 3.62. The van der Waals surface area contributed by atoms with Crippen LogP contribution in [0.2, 0.25) is 0 Å². The van der Waals surface area contributed by atoms with Gasteiger partial charge in [0.2, 0.25) is 0 Å². The lowest BCUT2D eigenvalue weighted by Crippen LogP contribution is -2.26. The van der Waals surface area contributed by atoms with Gasteiger partial charge in [-0.05, 0) is 53.1 Å². The third kappa shape index (κ3) is 4.61. The van der Waals surface area contributed by atoms with Gasteiger partial charge in [-0.3, -0.25) is 10.3 Å². The number of nitrogens with two attached hydrogens (primary N) is 1. The molecule has 0 bridgehead atoms. The molecule has 38 heavy (non-hydrogen) atoms. The first kappa shape index (κ1) is 23.8. The van der Waals surface area contributed by atoms with Crippen LogP contribution in [0.15, 0.2) is 83.7 Å². The van der Waals surface area contributed by atoms with Crippen molar-refractivity contribution < 1.29 is 13.2 Å². The number of nitrogen functional groups attached to an aromatic ring is 1. The number of nitrogens with one attached hydrogen (secondary N) is 3. The van der Waals surface area contributed by atoms with Crippen LogP contribution >= 0.6 is 0 Å². The Morgan fingerprint density at radius 2 is 2.11 bits per heavy atom. The van der Waals surface area contributed by atoms with Crippen LogP contribution in [-0.4, -0.2) is 51.1 Å². The highest BCUT2D eigenvalue weighted by molar-refractivity contribution is 6.15. The molecular formula is C28H25F2N7O. The topological polar surface area (TPSA) is 120 Å². The molecule has 5 N–H and O–H groups in total. The standard InChI is InChI=1S/C28H25F2N7O/c29-28(30)4-7-37(16-28)14-17-1-5-33-12-19(9-17)20-10-23(26(32)35-13-20)25(31)24-11-22-21(18-3-8-38-15-18)2-6-34-27(22)36-24/h1-3,5-6,8-13,15,31,33H,4,7,14,16H2,(H2,32,35)(H,34,36).